The molecule has 0 unspecified atom stereocenters. The van der Waals surface area contributed by atoms with E-state index in [2.05, 4.69) is 10.3 Å². The topological polar surface area (TPSA) is 54.5 Å². The van der Waals surface area contributed by atoms with E-state index in [-0.39, 0.29) is 6.03 Å². The number of aromatic nitrogens is 1. The molecule has 0 aliphatic carbocycles. The average molecular weight is 325 g/mol. The lowest BCUT2D eigenvalue weighted by Gasteiger charge is -2.29. The molecule has 2 aromatic heterocycles. The lowest BCUT2D eigenvalue weighted by molar-refractivity contribution is 0.259. The molecule has 0 saturated carbocycles. The molecule has 1 N–H and O–H groups in total. The van der Waals surface area contributed by atoms with Gasteiger partial charge in [-0.25, -0.2) is 9.78 Å². The number of methoxy groups -OCH3 is 1. The number of ether oxygens (including phenoxy) is 1. The molecule has 3 heterocycles. The van der Waals surface area contributed by atoms with Gasteiger partial charge in [-0.3, -0.25) is 4.90 Å². The van der Waals surface area contributed by atoms with E-state index >= 15 is 0 Å². The number of urea groups is 1. The van der Waals surface area contributed by atoms with Crippen molar-refractivity contribution in [3.05, 3.63) is 40.9 Å². The van der Waals surface area contributed by atoms with Crippen molar-refractivity contribution < 1.29 is 9.53 Å². The molecule has 3 aromatic rings. The number of nitrogens with zero attached hydrogens (tertiary/aromatic N) is 2. The molecule has 0 spiro atoms. The second-order valence-electron chi connectivity index (χ2n) is 5.46. The summed E-state index contributed by atoms with van der Waals surface area (Å²) >= 11 is 1.59. The van der Waals surface area contributed by atoms with Crippen LogP contribution in [0.3, 0.4) is 0 Å². The summed E-state index contributed by atoms with van der Waals surface area (Å²) in [6.45, 7) is 3.97. The Morgan fingerprint density at radius 1 is 1.22 bits per heavy atom. The molecule has 0 atom stereocenters. The Hall–Kier alpha value is -2.60. The van der Waals surface area contributed by atoms with Crippen LogP contribution in [-0.2, 0) is 0 Å². The van der Waals surface area contributed by atoms with Gasteiger partial charge in [0.2, 0.25) is 0 Å². The fourth-order valence-electron chi connectivity index (χ4n) is 2.97. The first-order chi connectivity index (χ1) is 11.1. The van der Waals surface area contributed by atoms with Gasteiger partial charge in [0.25, 0.3) is 0 Å². The zero-order chi connectivity index (χ0) is 16.1. The van der Waals surface area contributed by atoms with Crippen LogP contribution in [-0.4, -0.2) is 18.1 Å². The maximum atomic E-state index is 12.7. The number of thiophene rings is 1. The zero-order valence-corrected chi connectivity index (χ0v) is 13.8. The van der Waals surface area contributed by atoms with E-state index < -0.39 is 0 Å². The summed E-state index contributed by atoms with van der Waals surface area (Å²) in [4.78, 5) is 20.9. The first kappa shape index (κ1) is 14.0. The van der Waals surface area contributed by atoms with Crippen LogP contribution in [0.1, 0.15) is 10.4 Å². The molecule has 116 valence electrons. The summed E-state index contributed by atoms with van der Waals surface area (Å²) in [6, 6.07) is 7.43. The quantitative estimate of drug-likeness (QED) is 0.749. The Labute approximate surface area is 137 Å². The number of amides is 2. The molecule has 6 heteroatoms. The molecular weight excluding hydrogens is 310 g/mol. The number of carbonyl (C=O) groups is 1. The molecule has 2 amide bonds. The first-order valence-corrected chi connectivity index (χ1v) is 8.05. The van der Waals surface area contributed by atoms with Crippen LogP contribution >= 0.6 is 11.3 Å². The average Bonchev–Trinajstić information content (AvgIpc) is 2.86. The Bertz CT molecular complexity index is 948. The van der Waals surface area contributed by atoms with Crippen LogP contribution in [0.15, 0.2) is 30.5 Å². The smallest absolute Gasteiger partial charge is 0.331 e. The van der Waals surface area contributed by atoms with Crippen LogP contribution in [0.25, 0.3) is 10.2 Å². The van der Waals surface area contributed by atoms with Gasteiger partial charge in [-0.1, -0.05) is 0 Å². The second-order valence-corrected chi connectivity index (χ2v) is 6.66. The fraction of sp³-hybridized carbons (Fsp3) is 0.176. The Morgan fingerprint density at radius 2 is 2.04 bits per heavy atom. The Balaban J connectivity index is 1.96. The SMILES string of the molecule is COc1ccc(N2C(=O)Nc3c(C)sc4nccc2c34)c(C)c1. The van der Waals surface area contributed by atoms with Crippen LogP contribution < -0.4 is 15.0 Å². The Kier molecular flexibility index (Phi) is 3.02. The van der Waals surface area contributed by atoms with E-state index in [1.54, 1.807) is 29.5 Å². The minimum atomic E-state index is -0.153. The number of anilines is 3. The Morgan fingerprint density at radius 3 is 2.78 bits per heavy atom. The molecule has 0 bridgehead atoms. The van der Waals surface area contributed by atoms with Crippen molar-refractivity contribution in [2.45, 2.75) is 13.8 Å². The zero-order valence-electron chi connectivity index (χ0n) is 13.0. The third kappa shape index (κ3) is 1.98. The van der Waals surface area contributed by atoms with Gasteiger partial charge in [0, 0.05) is 11.1 Å². The largest absolute Gasteiger partial charge is 0.497 e. The highest BCUT2D eigenvalue weighted by molar-refractivity contribution is 7.19. The van der Waals surface area contributed by atoms with Crippen molar-refractivity contribution >= 4 is 44.6 Å². The van der Waals surface area contributed by atoms with E-state index in [0.29, 0.717) is 0 Å². The first-order valence-electron chi connectivity index (χ1n) is 7.24. The molecule has 5 nitrogen and oxygen atoms in total. The van der Waals surface area contributed by atoms with Gasteiger partial charge < -0.3 is 10.1 Å². The highest BCUT2D eigenvalue weighted by Crippen LogP contribution is 2.45. The number of aryl methyl sites for hydroxylation is 2. The number of hydrogen-bond acceptors (Lipinski definition) is 4. The van der Waals surface area contributed by atoms with Gasteiger partial charge >= 0.3 is 6.03 Å². The summed E-state index contributed by atoms with van der Waals surface area (Å²) in [5.74, 6) is 0.774. The van der Waals surface area contributed by atoms with Crippen molar-refractivity contribution in [1.29, 1.82) is 0 Å². The standard InChI is InChI=1S/C17H15N3O2S/c1-9-8-11(22-3)4-5-12(9)20-13-6-7-18-16-14(13)15(10(2)23-16)19-17(20)21/h4-8H,1-3H3,(H,19,21). The van der Waals surface area contributed by atoms with Gasteiger partial charge in [-0.15, -0.1) is 11.3 Å². The van der Waals surface area contributed by atoms with Gasteiger partial charge in [-0.2, -0.15) is 0 Å². The van der Waals surface area contributed by atoms with Crippen molar-refractivity contribution in [3.8, 4) is 5.75 Å². The number of nitrogens with one attached hydrogen (secondary N) is 1. The number of pyridine rings is 1. The monoisotopic (exact) mass is 325 g/mol. The highest BCUT2D eigenvalue weighted by atomic mass is 32.1. The maximum Gasteiger partial charge on any atom is 0.331 e. The van der Waals surface area contributed by atoms with E-state index in [0.717, 1.165) is 43.5 Å². The molecule has 1 aliphatic rings. The van der Waals surface area contributed by atoms with Gasteiger partial charge in [0.1, 0.15) is 10.6 Å². The van der Waals surface area contributed by atoms with E-state index in [9.17, 15) is 4.79 Å². The van der Waals surface area contributed by atoms with Crippen LogP contribution in [0.4, 0.5) is 21.9 Å². The number of rotatable bonds is 2. The lowest BCUT2D eigenvalue weighted by atomic mass is 10.1. The molecule has 1 aliphatic heterocycles. The summed E-state index contributed by atoms with van der Waals surface area (Å²) in [5, 5.41) is 4.01. The van der Waals surface area contributed by atoms with Crippen LogP contribution in [0, 0.1) is 13.8 Å². The van der Waals surface area contributed by atoms with Crippen molar-refractivity contribution in [2.75, 3.05) is 17.3 Å². The summed E-state index contributed by atoms with van der Waals surface area (Å²) < 4.78 is 5.25. The third-order valence-corrected chi connectivity index (χ3v) is 5.08. The molecule has 0 fully saturated rings. The lowest BCUT2D eigenvalue weighted by Crippen LogP contribution is -2.34. The molecule has 0 saturated heterocycles. The molecular formula is C17H15N3O2S. The number of carbonyl (C=O) groups excluding carboxylic acids is 1. The molecule has 0 radical (unpaired) electrons. The second kappa shape index (κ2) is 4.96. The molecule has 4 rings (SSSR count). The molecule has 1 aromatic carbocycles. The maximum absolute atomic E-state index is 12.7. The predicted octanol–water partition coefficient (Wildman–Crippen LogP) is 4.61. The minimum Gasteiger partial charge on any atom is -0.497 e. The van der Waals surface area contributed by atoms with Crippen molar-refractivity contribution in [2.24, 2.45) is 0 Å². The normalized spacial score (nSPS) is 13.3. The number of benzene rings is 1. The number of hydrogen-bond donors (Lipinski definition) is 1. The summed E-state index contributed by atoms with van der Waals surface area (Å²) in [6.07, 6.45) is 1.75. The predicted molar refractivity (Wildman–Crippen MR) is 93.2 cm³/mol. The summed E-state index contributed by atoms with van der Waals surface area (Å²) in [7, 11) is 1.63. The van der Waals surface area contributed by atoms with Gasteiger partial charge in [0.15, 0.2) is 0 Å². The van der Waals surface area contributed by atoms with Crippen molar-refractivity contribution in [1.82, 2.24) is 4.98 Å². The van der Waals surface area contributed by atoms with Crippen LogP contribution in [0.5, 0.6) is 5.75 Å². The van der Waals surface area contributed by atoms with E-state index in [4.69, 9.17) is 4.74 Å². The van der Waals surface area contributed by atoms with Gasteiger partial charge in [-0.05, 0) is 43.7 Å². The van der Waals surface area contributed by atoms with Crippen molar-refractivity contribution in [3.63, 3.8) is 0 Å². The minimum absolute atomic E-state index is 0.153. The molecule has 23 heavy (non-hydrogen) atoms. The van der Waals surface area contributed by atoms with Crippen LogP contribution in [0.2, 0.25) is 0 Å². The summed E-state index contributed by atoms with van der Waals surface area (Å²) in [5.41, 5.74) is 3.55. The van der Waals surface area contributed by atoms with E-state index in [1.165, 1.54) is 0 Å². The van der Waals surface area contributed by atoms with E-state index in [1.807, 2.05) is 38.1 Å². The fourth-order valence-corrected chi connectivity index (χ4v) is 3.94. The van der Waals surface area contributed by atoms with Gasteiger partial charge in [0.05, 0.1) is 29.6 Å². The highest BCUT2D eigenvalue weighted by Gasteiger charge is 2.30. The third-order valence-electron chi connectivity index (χ3n) is 4.07.